The average Bonchev–Trinajstić information content (AvgIpc) is 3.28. The summed E-state index contributed by atoms with van der Waals surface area (Å²) < 4.78 is 0. The minimum absolute atomic E-state index is 0.0608. The largest absolute Gasteiger partial charge is 0.507 e. The lowest BCUT2D eigenvalue weighted by Gasteiger charge is -2.10. The highest BCUT2D eigenvalue weighted by molar-refractivity contribution is 6.42. The van der Waals surface area contributed by atoms with Gasteiger partial charge in [0.2, 0.25) is 0 Å². The molecule has 0 atom stereocenters. The van der Waals surface area contributed by atoms with Gasteiger partial charge in [-0.1, -0.05) is 46.9 Å². The third-order valence-corrected chi connectivity index (χ3v) is 6.52. The van der Waals surface area contributed by atoms with Crippen LogP contribution >= 0.6 is 34.8 Å². The van der Waals surface area contributed by atoms with Crippen LogP contribution in [0.15, 0.2) is 78.9 Å². The van der Waals surface area contributed by atoms with Crippen molar-refractivity contribution in [1.82, 2.24) is 9.97 Å². The Hall–Kier alpha value is -4.04. The lowest BCUT2D eigenvalue weighted by molar-refractivity contribution is 0.101. The van der Waals surface area contributed by atoms with Crippen LogP contribution in [0.3, 0.4) is 0 Å². The summed E-state index contributed by atoms with van der Waals surface area (Å²) in [4.78, 5) is 33.0. The zero-order valence-electron chi connectivity index (χ0n) is 18.9. The highest BCUT2D eigenvalue weighted by atomic mass is 35.5. The number of hydrogen-bond acceptors (Lipinski definition) is 4. The number of benzene rings is 4. The minimum atomic E-state index is -0.497. The van der Waals surface area contributed by atoms with Crippen LogP contribution in [0.2, 0.25) is 15.1 Å². The van der Waals surface area contributed by atoms with Crippen molar-refractivity contribution in [1.29, 1.82) is 0 Å². The SMILES string of the molecule is O=C(Nc1ccc(C(=O)Nc2ccc(Cl)cc2)c(O)c1)c1ccc(-c2nc3cc(Cl)c(Cl)cc3[nH]2)cc1. The number of aromatic nitrogens is 2. The number of halogens is 3. The van der Waals surface area contributed by atoms with Gasteiger partial charge in [-0.25, -0.2) is 4.98 Å². The molecule has 5 rings (SSSR count). The fraction of sp³-hybridized carbons (Fsp3) is 0. The molecule has 7 nitrogen and oxygen atoms in total. The van der Waals surface area contributed by atoms with E-state index in [1.54, 1.807) is 60.7 Å². The normalized spacial score (nSPS) is 10.9. The molecule has 0 aliphatic rings. The van der Waals surface area contributed by atoms with Crippen molar-refractivity contribution in [3.8, 4) is 17.1 Å². The first-order chi connectivity index (χ1) is 17.8. The van der Waals surface area contributed by atoms with Crippen molar-refractivity contribution < 1.29 is 14.7 Å². The molecule has 0 saturated carbocycles. The number of aromatic amines is 1. The van der Waals surface area contributed by atoms with Crippen LogP contribution in [-0.4, -0.2) is 26.9 Å². The zero-order chi connectivity index (χ0) is 26.1. The van der Waals surface area contributed by atoms with Crippen LogP contribution in [0.4, 0.5) is 11.4 Å². The number of anilines is 2. The van der Waals surface area contributed by atoms with Crippen LogP contribution in [0.1, 0.15) is 20.7 Å². The molecule has 10 heteroatoms. The topological polar surface area (TPSA) is 107 Å². The van der Waals surface area contributed by atoms with E-state index >= 15 is 0 Å². The number of hydrogen-bond donors (Lipinski definition) is 4. The molecule has 0 aliphatic heterocycles. The zero-order valence-corrected chi connectivity index (χ0v) is 21.1. The lowest BCUT2D eigenvalue weighted by Crippen LogP contribution is -2.14. The maximum Gasteiger partial charge on any atom is 0.259 e. The third kappa shape index (κ3) is 5.39. The van der Waals surface area contributed by atoms with Crippen molar-refractivity contribution in [3.05, 3.63) is 105 Å². The number of nitrogens with one attached hydrogen (secondary N) is 3. The Morgan fingerprint density at radius 3 is 2.11 bits per heavy atom. The van der Waals surface area contributed by atoms with Crippen molar-refractivity contribution >= 4 is 69.0 Å². The Morgan fingerprint density at radius 2 is 1.41 bits per heavy atom. The van der Waals surface area contributed by atoms with Crippen molar-refractivity contribution in [3.63, 3.8) is 0 Å². The molecular weight excluding hydrogens is 535 g/mol. The molecule has 1 heterocycles. The van der Waals surface area contributed by atoms with Gasteiger partial charge in [-0.2, -0.15) is 0 Å². The number of phenols is 1. The van der Waals surface area contributed by atoms with E-state index in [0.29, 0.717) is 43.3 Å². The van der Waals surface area contributed by atoms with Gasteiger partial charge < -0.3 is 20.7 Å². The predicted octanol–water partition coefficient (Wildman–Crippen LogP) is 7.40. The lowest BCUT2D eigenvalue weighted by atomic mass is 10.1. The number of aromatic hydroxyl groups is 1. The van der Waals surface area contributed by atoms with Crippen LogP contribution in [0.25, 0.3) is 22.4 Å². The number of fused-ring (bicyclic) bond motifs is 1. The van der Waals surface area contributed by atoms with Crippen LogP contribution in [0, 0.1) is 0 Å². The van der Waals surface area contributed by atoms with Crippen molar-refractivity contribution in [2.75, 3.05) is 10.6 Å². The first kappa shape index (κ1) is 24.6. The van der Waals surface area contributed by atoms with Crippen molar-refractivity contribution in [2.45, 2.75) is 0 Å². The van der Waals surface area contributed by atoms with E-state index in [4.69, 9.17) is 34.8 Å². The number of nitrogens with zero attached hydrogens (tertiary/aromatic N) is 1. The second kappa shape index (κ2) is 10.1. The highest BCUT2D eigenvalue weighted by Gasteiger charge is 2.14. The second-order valence-corrected chi connectivity index (χ2v) is 9.34. The molecule has 0 aliphatic carbocycles. The molecule has 4 N–H and O–H groups in total. The van der Waals surface area contributed by atoms with E-state index in [1.807, 2.05) is 0 Å². The molecule has 0 saturated heterocycles. The summed E-state index contributed by atoms with van der Waals surface area (Å²) in [5, 5.41) is 17.1. The molecule has 5 aromatic rings. The molecule has 1 aromatic heterocycles. The van der Waals surface area contributed by atoms with Gasteiger partial charge >= 0.3 is 0 Å². The average molecular weight is 552 g/mol. The van der Waals surface area contributed by atoms with E-state index in [-0.39, 0.29) is 17.2 Å². The Labute approximate surface area is 226 Å². The van der Waals surface area contributed by atoms with Gasteiger partial charge in [0.1, 0.15) is 11.6 Å². The molecule has 0 unspecified atom stereocenters. The van der Waals surface area contributed by atoms with Gasteiger partial charge in [-0.3, -0.25) is 9.59 Å². The summed E-state index contributed by atoms with van der Waals surface area (Å²) in [7, 11) is 0. The smallest absolute Gasteiger partial charge is 0.259 e. The summed E-state index contributed by atoms with van der Waals surface area (Å²) >= 11 is 18.0. The molecule has 0 bridgehead atoms. The number of amides is 2. The predicted molar refractivity (Wildman–Crippen MR) is 147 cm³/mol. The van der Waals surface area contributed by atoms with Crippen LogP contribution in [-0.2, 0) is 0 Å². The van der Waals surface area contributed by atoms with Crippen molar-refractivity contribution in [2.24, 2.45) is 0 Å². The summed E-state index contributed by atoms with van der Waals surface area (Å²) in [6.45, 7) is 0. The van der Waals surface area contributed by atoms with Gasteiger partial charge in [0.15, 0.2) is 0 Å². The Balaban J connectivity index is 1.27. The number of rotatable bonds is 5. The number of phenolic OH excluding ortho intramolecular Hbond substituents is 1. The first-order valence-electron chi connectivity index (χ1n) is 10.9. The number of carbonyl (C=O) groups is 2. The van der Waals surface area contributed by atoms with E-state index in [1.165, 1.54) is 18.2 Å². The maximum atomic E-state index is 12.7. The molecule has 184 valence electrons. The Bertz CT molecular complexity index is 1610. The fourth-order valence-corrected chi connectivity index (χ4v) is 4.10. The molecule has 37 heavy (non-hydrogen) atoms. The monoisotopic (exact) mass is 550 g/mol. The van der Waals surface area contributed by atoms with E-state index in [0.717, 1.165) is 11.1 Å². The maximum absolute atomic E-state index is 12.7. The van der Waals surface area contributed by atoms with E-state index in [2.05, 4.69) is 20.6 Å². The molecule has 2 amide bonds. The summed E-state index contributed by atoms with van der Waals surface area (Å²) in [5.74, 6) is -0.543. The van der Waals surface area contributed by atoms with Gasteiger partial charge in [0.05, 0.1) is 26.6 Å². The Kier molecular flexibility index (Phi) is 6.76. The van der Waals surface area contributed by atoms with Crippen LogP contribution < -0.4 is 10.6 Å². The quantitative estimate of drug-likeness (QED) is 0.182. The van der Waals surface area contributed by atoms with Gasteiger partial charge in [-0.05, 0) is 60.7 Å². The van der Waals surface area contributed by atoms with Crippen LogP contribution in [0.5, 0.6) is 5.75 Å². The molecule has 0 fully saturated rings. The highest BCUT2D eigenvalue weighted by Crippen LogP contribution is 2.29. The summed E-state index contributed by atoms with van der Waals surface area (Å²) in [5.41, 5.74) is 3.52. The molecule has 0 spiro atoms. The number of carbonyl (C=O) groups excluding carboxylic acids is 2. The van der Waals surface area contributed by atoms with Gasteiger partial charge in [0.25, 0.3) is 11.8 Å². The van der Waals surface area contributed by atoms with Gasteiger partial charge in [0, 0.05) is 33.6 Å². The van der Waals surface area contributed by atoms with Gasteiger partial charge in [-0.15, -0.1) is 0 Å². The molecule has 4 aromatic carbocycles. The fourth-order valence-electron chi connectivity index (χ4n) is 3.66. The summed E-state index contributed by atoms with van der Waals surface area (Å²) in [6.07, 6.45) is 0. The Morgan fingerprint density at radius 1 is 0.757 bits per heavy atom. The van der Waals surface area contributed by atoms with E-state index in [9.17, 15) is 14.7 Å². The standard InChI is InChI=1S/C27H17Cl3N4O3/c28-16-5-7-17(8-6-16)31-27(37)19-10-9-18(11-24(19)35)32-26(36)15-3-1-14(2-4-15)25-33-22-12-20(29)21(30)13-23(22)34-25/h1-13,35H,(H,31,37)(H,32,36)(H,33,34). The number of H-pyrrole nitrogens is 1. The summed E-state index contributed by atoms with van der Waals surface area (Å²) in [6, 6.07) is 21.1. The number of imidazole rings is 1. The third-order valence-electron chi connectivity index (χ3n) is 5.55. The second-order valence-electron chi connectivity index (χ2n) is 8.09. The minimum Gasteiger partial charge on any atom is -0.507 e. The molecule has 0 radical (unpaired) electrons. The van der Waals surface area contributed by atoms with E-state index < -0.39 is 5.91 Å². The molecular formula is C27H17Cl3N4O3. The first-order valence-corrected chi connectivity index (χ1v) is 12.1.